The van der Waals surface area contributed by atoms with Gasteiger partial charge in [-0.15, -0.1) is 0 Å². The molecule has 1 amide bonds. The highest BCUT2D eigenvalue weighted by Gasteiger charge is 2.49. The SMILES string of the molecule is CCOC(=O)c1sc(N2C(=O)C(=O)/C(=C(/O)c3ccc(C)cc3)[C@@H]2c2ccc(C)o2)nc1C. The largest absolute Gasteiger partial charge is 0.507 e. The number of hydrogen-bond donors (Lipinski definition) is 1. The van der Waals surface area contributed by atoms with Crippen LogP contribution < -0.4 is 4.90 Å². The third-order valence-electron chi connectivity index (χ3n) is 5.25. The van der Waals surface area contributed by atoms with E-state index in [1.807, 2.05) is 6.92 Å². The van der Waals surface area contributed by atoms with Crippen molar-refractivity contribution < 1.29 is 28.6 Å². The summed E-state index contributed by atoms with van der Waals surface area (Å²) in [7, 11) is 0. The zero-order valence-corrected chi connectivity index (χ0v) is 19.4. The van der Waals surface area contributed by atoms with Crippen LogP contribution in [0.4, 0.5) is 5.13 Å². The van der Waals surface area contributed by atoms with E-state index in [1.165, 1.54) is 4.90 Å². The van der Waals surface area contributed by atoms with Crippen molar-refractivity contribution in [2.75, 3.05) is 11.5 Å². The summed E-state index contributed by atoms with van der Waals surface area (Å²) in [5, 5.41) is 11.2. The summed E-state index contributed by atoms with van der Waals surface area (Å²) < 4.78 is 10.8. The predicted octanol–water partition coefficient (Wildman–Crippen LogP) is 4.46. The normalized spacial score (nSPS) is 17.6. The van der Waals surface area contributed by atoms with Crippen molar-refractivity contribution in [3.63, 3.8) is 0 Å². The highest BCUT2D eigenvalue weighted by atomic mass is 32.1. The molecule has 0 saturated carbocycles. The first kappa shape index (κ1) is 22.5. The number of ketones is 1. The van der Waals surface area contributed by atoms with E-state index in [9.17, 15) is 19.5 Å². The number of hydrogen-bond acceptors (Lipinski definition) is 8. The van der Waals surface area contributed by atoms with Gasteiger partial charge < -0.3 is 14.3 Å². The molecule has 0 spiro atoms. The smallest absolute Gasteiger partial charge is 0.350 e. The molecular weight excluding hydrogens is 444 g/mol. The van der Waals surface area contributed by atoms with Crippen LogP contribution in [-0.2, 0) is 14.3 Å². The lowest BCUT2D eigenvalue weighted by molar-refractivity contribution is -0.132. The van der Waals surface area contributed by atoms with Gasteiger partial charge in [0, 0.05) is 5.56 Å². The van der Waals surface area contributed by atoms with Crippen molar-refractivity contribution in [2.45, 2.75) is 33.7 Å². The number of benzene rings is 1. The molecule has 3 aromatic rings. The Morgan fingerprint density at radius 2 is 1.85 bits per heavy atom. The molecule has 1 saturated heterocycles. The van der Waals surface area contributed by atoms with Crippen molar-refractivity contribution >= 4 is 39.9 Å². The molecule has 1 aliphatic heterocycles. The fraction of sp³-hybridized carbons (Fsp3) is 0.250. The zero-order chi connectivity index (χ0) is 23.9. The summed E-state index contributed by atoms with van der Waals surface area (Å²) in [6.45, 7) is 7.15. The van der Waals surface area contributed by atoms with Gasteiger partial charge in [-0.2, -0.15) is 0 Å². The van der Waals surface area contributed by atoms with Gasteiger partial charge in [0.2, 0.25) is 0 Å². The number of rotatable bonds is 5. The molecule has 0 aliphatic carbocycles. The van der Waals surface area contributed by atoms with Crippen LogP contribution in [0.25, 0.3) is 5.76 Å². The van der Waals surface area contributed by atoms with E-state index in [1.54, 1.807) is 57.2 Å². The van der Waals surface area contributed by atoms with Crippen molar-refractivity contribution in [3.8, 4) is 0 Å². The van der Waals surface area contributed by atoms with Gasteiger partial charge in [-0.05, 0) is 39.8 Å². The first-order chi connectivity index (χ1) is 15.7. The van der Waals surface area contributed by atoms with Gasteiger partial charge in [0.05, 0.1) is 17.9 Å². The maximum absolute atomic E-state index is 13.2. The molecule has 3 heterocycles. The van der Waals surface area contributed by atoms with E-state index in [0.29, 0.717) is 22.8 Å². The van der Waals surface area contributed by atoms with Gasteiger partial charge in [0.15, 0.2) is 5.13 Å². The molecule has 1 aliphatic rings. The Hall–Kier alpha value is -3.72. The van der Waals surface area contributed by atoms with Crippen LogP contribution >= 0.6 is 11.3 Å². The predicted molar refractivity (Wildman–Crippen MR) is 122 cm³/mol. The quantitative estimate of drug-likeness (QED) is 0.256. The number of aliphatic hydroxyl groups is 1. The molecular formula is C24H22N2O6S. The number of esters is 1. The van der Waals surface area contributed by atoms with Crippen molar-refractivity contribution in [1.82, 2.24) is 4.98 Å². The molecule has 2 aromatic heterocycles. The molecule has 8 nitrogen and oxygen atoms in total. The number of Topliss-reactive ketones (excluding diaryl/α,β-unsaturated/α-hetero) is 1. The van der Waals surface area contributed by atoms with Gasteiger partial charge in [-0.3, -0.25) is 14.5 Å². The lowest BCUT2D eigenvalue weighted by atomic mass is 9.99. The van der Waals surface area contributed by atoms with E-state index in [2.05, 4.69) is 4.98 Å². The van der Waals surface area contributed by atoms with Crippen LogP contribution in [0.15, 0.2) is 46.4 Å². The van der Waals surface area contributed by atoms with Crippen molar-refractivity contribution in [1.29, 1.82) is 0 Å². The average Bonchev–Trinajstić information content (AvgIpc) is 3.44. The highest BCUT2D eigenvalue weighted by molar-refractivity contribution is 7.17. The number of aliphatic hydroxyl groups excluding tert-OH is 1. The minimum Gasteiger partial charge on any atom is -0.507 e. The maximum Gasteiger partial charge on any atom is 0.350 e. The number of aryl methyl sites for hydroxylation is 3. The second-order valence-corrected chi connectivity index (χ2v) is 8.59. The first-order valence-electron chi connectivity index (χ1n) is 10.3. The average molecular weight is 467 g/mol. The fourth-order valence-corrected chi connectivity index (χ4v) is 4.62. The molecule has 0 bridgehead atoms. The summed E-state index contributed by atoms with van der Waals surface area (Å²) in [5.74, 6) is -1.72. The van der Waals surface area contributed by atoms with Gasteiger partial charge in [-0.1, -0.05) is 41.2 Å². The number of amides is 1. The summed E-state index contributed by atoms with van der Waals surface area (Å²) in [6, 6.07) is 9.26. The molecule has 1 aromatic carbocycles. The van der Waals surface area contributed by atoms with Gasteiger partial charge >= 0.3 is 11.9 Å². The molecule has 9 heteroatoms. The second-order valence-electron chi connectivity index (χ2n) is 7.61. The highest BCUT2D eigenvalue weighted by Crippen LogP contribution is 2.44. The second kappa shape index (κ2) is 8.67. The van der Waals surface area contributed by atoms with Gasteiger partial charge in [0.1, 0.15) is 28.2 Å². The summed E-state index contributed by atoms with van der Waals surface area (Å²) in [4.78, 5) is 44.3. The first-order valence-corrected chi connectivity index (χ1v) is 11.1. The van der Waals surface area contributed by atoms with E-state index in [0.717, 1.165) is 16.9 Å². The number of anilines is 1. The van der Waals surface area contributed by atoms with Crippen LogP contribution in [0.5, 0.6) is 0 Å². The molecule has 4 rings (SSSR count). The molecule has 33 heavy (non-hydrogen) atoms. The monoisotopic (exact) mass is 466 g/mol. The van der Waals surface area contributed by atoms with Gasteiger partial charge in [-0.25, -0.2) is 9.78 Å². The Morgan fingerprint density at radius 1 is 1.15 bits per heavy atom. The Kier molecular flexibility index (Phi) is 5.90. The van der Waals surface area contributed by atoms with E-state index in [-0.39, 0.29) is 27.9 Å². The molecule has 1 fully saturated rings. The number of nitrogens with zero attached hydrogens (tertiary/aromatic N) is 2. The number of ether oxygens (including phenoxy) is 1. The van der Waals surface area contributed by atoms with Gasteiger partial charge in [0.25, 0.3) is 5.78 Å². The number of carbonyl (C=O) groups is 3. The molecule has 0 unspecified atom stereocenters. The Labute approximate surface area is 194 Å². The number of aromatic nitrogens is 1. The summed E-state index contributed by atoms with van der Waals surface area (Å²) >= 11 is 0.949. The van der Waals surface area contributed by atoms with Crippen LogP contribution in [0.3, 0.4) is 0 Å². The van der Waals surface area contributed by atoms with E-state index < -0.39 is 23.7 Å². The standard InChI is InChI=1S/C24H22N2O6S/c1-5-31-23(30)21-14(4)25-24(33-21)26-18(16-11-8-13(3)32-16)17(20(28)22(26)29)19(27)15-9-6-12(2)7-10-15/h6-11,18,27H,5H2,1-4H3/b19-17+/t18-/m0/s1. The molecule has 1 N–H and O–H groups in total. The number of furan rings is 1. The van der Waals surface area contributed by atoms with Crippen molar-refractivity contribution in [3.05, 3.63) is 75.2 Å². The third-order valence-corrected chi connectivity index (χ3v) is 6.39. The molecule has 170 valence electrons. The summed E-state index contributed by atoms with van der Waals surface area (Å²) in [6.07, 6.45) is 0. The van der Waals surface area contributed by atoms with E-state index >= 15 is 0 Å². The van der Waals surface area contributed by atoms with Crippen LogP contribution in [-0.4, -0.2) is 34.4 Å². The minimum atomic E-state index is -1.04. The van der Waals surface area contributed by atoms with Crippen LogP contribution in [0, 0.1) is 20.8 Å². The van der Waals surface area contributed by atoms with Crippen molar-refractivity contribution in [2.24, 2.45) is 0 Å². The lowest BCUT2D eigenvalue weighted by Crippen LogP contribution is -2.29. The topological polar surface area (TPSA) is 110 Å². The van der Waals surface area contributed by atoms with E-state index in [4.69, 9.17) is 9.15 Å². The zero-order valence-electron chi connectivity index (χ0n) is 18.5. The Morgan fingerprint density at radius 3 is 2.45 bits per heavy atom. The van der Waals surface area contributed by atoms with Crippen LogP contribution in [0.2, 0.25) is 0 Å². The van der Waals surface area contributed by atoms with Crippen LogP contribution in [0.1, 0.15) is 51.0 Å². The fourth-order valence-electron chi connectivity index (χ4n) is 3.64. The number of thiazole rings is 1. The molecule has 1 atom stereocenters. The lowest BCUT2D eigenvalue weighted by Gasteiger charge is -2.20. The third kappa shape index (κ3) is 3.95. The molecule has 0 radical (unpaired) electrons. The Bertz CT molecular complexity index is 1280. The maximum atomic E-state index is 13.2. The number of carbonyl (C=O) groups excluding carboxylic acids is 3. The Balaban J connectivity index is 1.89. The summed E-state index contributed by atoms with van der Waals surface area (Å²) in [5.41, 5.74) is 1.65. The minimum absolute atomic E-state index is 0.108.